The Balaban J connectivity index is 1.50. The summed E-state index contributed by atoms with van der Waals surface area (Å²) in [5.74, 6) is 0.465. The highest BCUT2D eigenvalue weighted by atomic mass is 35.5. The van der Waals surface area contributed by atoms with Crippen LogP contribution in [0.25, 0.3) is 0 Å². The standard InChI is InChI=1S/C18H17ClN4O2/c19-16-10-15(6-3-12(16)11-20)25-14-7-4-13(5-8-14)22-18(24)17-2-1-9-21-23-17/h1-3,6,9-10,13-14H,4-5,7-8H2,(H,22,24). The molecule has 1 N–H and O–H groups in total. The Morgan fingerprint density at radius 2 is 2.08 bits per heavy atom. The van der Waals surface area contributed by atoms with Crippen molar-refractivity contribution in [2.24, 2.45) is 0 Å². The zero-order valence-electron chi connectivity index (χ0n) is 13.5. The lowest BCUT2D eigenvalue weighted by Gasteiger charge is -2.29. The number of nitriles is 1. The van der Waals surface area contributed by atoms with Gasteiger partial charge < -0.3 is 10.1 Å². The Hall–Kier alpha value is -2.65. The molecule has 1 fully saturated rings. The first-order chi connectivity index (χ1) is 12.2. The third kappa shape index (κ3) is 4.46. The minimum atomic E-state index is -0.198. The Kier molecular flexibility index (Phi) is 5.46. The van der Waals surface area contributed by atoms with Gasteiger partial charge in [0.15, 0.2) is 5.69 Å². The van der Waals surface area contributed by atoms with E-state index in [2.05, 4.69) is 15.5 Å². The summed E-state index contributed by atoms with van der Waals surface area (Å²) in [6.07, 6.45) is 4.95. The van der Waals surface area contributed by atoms with Gasteiger partial charge in [-0.2, -0.15) is 10.4 Å². The number of ether oxygens (including phenoxy) is 1. The minimum Gasteiger partial charge on any atom is -0.490 e. The number of benzene rings is 1. The van der Waals surface area contributed by atoms with Gasteiger partial charge in [0.05, 0.1) is 16.7 Å². The van der Waals surface area contributed by atoms with Crippen molar-refractivity contribution in [3.05, 3.63) is 52.8 Å². The van der Waals surface area contributed by atoms with Gasteiger partial charge in [0, 0.05) is 18.3 Å². The predicted molar refractivity (Wildman–Crippen MR) is 92.3 cm³/mol. The molecular formula is C18H17ClN4O2. The number of carbonyl (C=O) groups is 1. The first-order valence-corrected chi connectivity index (χ1v) is 8.48. The highest BCUT2D eigenvalue weighted by Crippen LogP contribution is 2.27. The molecule has 0 unspecified atom stereocenters. The monoisotopic (exact) mass is 356 g/mol. The van der Waals surface area contributed by atoms with Crippen LogP contribution in [0.5, 0.6) is 5.75 Å². The quantitative estimate of drug-likeness (QED) is 0.909. The Morgan fingerprint density at radius 3 is 2.72 bits per heavy atom. The molecular weight excluding hydrogens is 340 g/mol. The van der Waals surface area contributed by atoms with Crippen molar-refractivity contribution in [2.45, 2.75) is 37.8 Å². The average Bonchev–Trinajstić information content (AvgIpc) is 2.64. The molecule has 0 aliphatic heterocycles. The maximum absolute atomic E-state index is 12.1. The summed E-state index contributed by atoms with van der Waals surface area (Å²) in [5.41, 5.74) is 0.762. The molecule has 1 aromatic heterocycles. The summed E-state index contributed by atoms with van der Waals surface area (Å²) in [6.45, 7) is 0. The van der Waals surface area contributed by atoms with Gasteiger partial charge in [-0.25, -0.2) is 0 Å². The highest BCUT2D eigenvalue weighted by molar-refractivity contribution is 6.31. The van der Waals surface area contributed by atoms with Crippen molar-refractivity contribution in [1.82, 2.24) is 15.5 Å². The number of carbonyl (C=O) groups excluding carboxylic acids is 1. The second-order valence-electron chi connectivity index (χ2n) is 5.93. The minimum absolute atomic E-state index is 0.0775. The molecule has 1 aromatic carbocycles. The lowest BCUT2D eigenvalue weighted by molar-refractivity contribution is 0.0888. The van der Waals surface area contributed by atoms with E-state index in [0.29, 0.717) is 22.0 Å². The van der Waals surface area contributed by atoms with Crippen LogP contribution < -0.4 is 10.1 Å². The zero-order valence-corrected chi connectivity index (χ0v) is 14.2. The molecule has 6 nitrogen and oxygen atoms in total. The van der Waals surface area contributed by atoms with Gasteiger partial charge in [0.1, 0.15) is 11.8 Å². The summed E-state index contributed by atoms with van der Waals surface area (Å²) in [4.78, 5) is 12.1. The molecule has 1 aliphatic carbocycles. The van der Waals surface area contributed by atoms with E-state index >= 15 is 0 Å². The number of aromatic nitrogens is 2. The number of hydrogen-bond acceptors (Lipinski definition) is 5. The molecule has 2 aromatic rings. The second kappa shape index (κ2) is 7.95. The topological polar surface area (TPSA) is 87.9 Å². The zero-order chi connectivity index (χ0) is 17.6. The number of nitrogens with one attached hydrogen (secondary N) is 1. The molecule has 128 valence electrons. The summed E-state index contributed by atoms with van der Waals surface area (Å²) in [6, 6.07) is 10.6. The third-order valence-electron chi connectivity index (χ3n) is 4.18. The van der Waals surface area contributed by atoms with Crippen LogP contribution in [0.4, 0.5) is 0 Å². The first-order valence-electron chi connectivity index (χ1n) is 8.10. The third-order valence-corrected chi connectivity index (χ3v) is 4.49. The van der Waals surface area contributed by atoms with E-state index in [1.807, 2.05) is 6.07 Å². The number of nitrogens with zero attached hydrogens (tertiary/aromatic N) is 3. The maximum atomic E-state index is 12.1. The fourth-order valence-corrected chi connectivity index (χ4v) is 3.07. The van der Waals surface area contributed by atoms with E-state index in [9.17, 15) is 4.79 Å². The van der Waals surface area contributed by atoms with Gasteiger partial charge >= 0.3 is 0 Å². The van der Waals surface area contributed by atoms with Crippen LogP contribution in [0.2, 0.25) is 5.02 Å². The maximum Gasteiger partial charge on any atom is 0.272 e. The van der Waals surface area contributed by atoms with Gasteiger partial charge in [-0.15, -0.1) is 5.10 Å². The van der Waals surface area contributed by atoms with Crippen molar-refractivity contribution >= 4 is 17.5 Å². The lowest BCUT2D eigenvalue weighted by atomic mass is 9.93. The summed E-state index contributed by atoms with van der Waals surface area (Å²) in [5, 5.41) is 19.8. The smallest absolute Gasteiger partial charge is 0.272 e. The normalized spacial score (nSPS) is 19.7. The second-order valence-corrected chi connectivity index (χ2v) is 6.33. The van der Waals surface area contributed by atoms with E-state index in [-0.39, 0.29) is 18.1 Å². The number of halogens is 1. The molecule has 1 saturated carbocycles. The Labute approximate surface area is 150 Å². The Bertz CT molecular complexity index is 783. The van der Waals surface area contributed by atoms with E-state index in [0.717, 1.165) is 25.7 Å². The van der Waals surface area contributed by atoms with Crippen molar-refractivity contribution < 1.29 is 9.53 Å². The van der Waals surface area contributed by atoms with E-state index in [1.54, 1.807) is 30.3 Å². The van der Waals surface area contributed by atoms with Crippen molar-refractivity contribution in [2.75, 3.05) is 0 Å². The van der Waals surface area contributed by atoms with Gasteiger partial charge in [-0.05, 0) is 49.9 Å². The van der Waals surface area contributed by atoms with Crippen molar-refractivity contribution in [3.8, 4) is 11.8 Å². The van der Waals surface area contributed by atoms with Crippen LogP contribution in [0.1, 0.15) is 41.7 Å². The predicted octanol–water partition coefficient (Wildman–Crippen LogP) is 3.12. The van der Waals surface area contributed by atoms with Gasteiger partial charge in [-0.1, -0.05) is 11.6 Å². The first kappa shape index (κ1) is 17.2. The van der Waals surface area contributed by atoms with Gasteiger partial charge in [-0.3, -0.25) is 4.79 Å². The summed E-state index contributed by atoms with van der Waals surface area (Å²) >= 11 is 6.02. The fourth-order valence-electron chi connectivity index (χ4n) is 2.86. The van der Waals surface area contributed by atoms with E-state index in [4.69, 9.17) is 21.6 Å². The fraction of sp³-hybridized carbons (Fsp3) is 0.333. The molecule has 0 bridgehead atoms. The molecule has 0 saturated heterocycles. The number of amides is 1. The van der Waals surface area contributed by atoms with Gasteiger partial charge in [0.25, 0.3) is 5.91 Å². The molecule has 1 aliphatic rings. The molecule has 0 atom stereocenters. The molecule has 1 heterocycles. The molecule has 0 spiro atoms. The van der Waals surface area contributed by atoms with Gasteiger partial charge in [0.2, 0.25) is 0 Å². The van der Waals surface area contributed by atoms with Crippen molar-refractivity contribution in [1.29, 1.82) is 5.26 Å². The lowest BCUT2D eigenvalue weighted by Crippen LogP contribution is -2.40. The molecule has 7 heteroatoms. The molecule has 25 heavy (non-hydrogen) atoms. The molecule has 3 rings (SSSR count). The van der Waals surface area contributed by atoms with E-state index in [1.165, 1.54) is 6.20 Å². The van der Waals surface area contributed by atoms with Crippen LogP contribution >= 0.6 is 11.6 Å². The SMILES string of the molecule is N#Cc1ccc(OC2CCC(NC(=O)c3cccnn3)CC2)cc1Cl. The van der Waals surface area contributed by atoms with Crippen molar-refractivity contribution in [3.63, 3.8) is 0 Å². The summed E-state index contributed by atoms with van der Waals surface area (Å²) < 4.78 is 5.94. The number of hydrogen-bond donors (Lipinski definition) is 1. The Morgan fingerprint density at radius 1 is 1.28 bits per heavy atom. The molecule has 1 amide bonds. The number of rotatable bonds is 4. The summed E-state index contributed by atoms with van der Waals surface area (Å²) in [7, 11) is 0. The highest BCUT2D eigenvalue weighted by Gasteiger charge is 2.24. The largest absolute Gasteiger partial charge is 0.490 e. The average molecular weight is 357 g/mol. The van der Waals surface area contributed by atoms with Crippen LogP contribution in [0.15, 0.2) is 36.5 Å². The van der Waals surface area contributed by atoms with Crippen LogP contribution in [0, 0.1) is 11.3 Å². The van der Waals surface area contributed by atoms with E-state index < -0.39 is 0 Å². The van der Waals surface area contributed by atoms with Crippen LogP contribution in [0.3, 0.4) is 0 Å². The van der Waals surface area contributed by atoms with Crippen LogP contribution in [-0.2, 0) is 0 Å². The van der Waals surface area contributed by atoms with Crippen LogP contribution in [-0.4, -0.2) is 28.3 Å². The molecule has 0 radical (unpaired) electrons.